The Labute approximate surface area is 133 Å². The maximum Gasteiger partial charge on any atom is 0.245 e. The van der Waals surface area contributed by atoms with E-state index in [1.54, 1.807) is 0 Å². The van der Waals surface area contributed by atoms with Crippen LogP contribution in [-0.4, -0.2) is 61.4 Å². The fourth-order valence-corrected chi connectivity index (χ4v) is 3.83. The van der Waals surface area contributed by atoms with Crippen molar-refractivity contribution in [1.29, 1.82) is 0 Å². The van der Waals surface area contributed by atoms with Crippen LogP contribution in [0.3, 0.4) is 0 Å². The van der Waals surface area contributed by atoms with Crippen LogP contribution in [0.4, 0.5) is 5.95 Å². The lowest BCUT2D eigenvalue weighted by Crippen LogP contribution is -2.40. The molecule has 0 spiro atoms. The number of nitrogens with zero attached hydrogens (tertiary/aromatic N) is 3. The highest BCUT2D eigenvalue weighted by atomic mass is 32.2. The predicted molar refractivity (Wildman–Crippen MR) is 83.7 cm³/mol. The van der Waals surface area contributed by atoms with E-state index in [9.17, 15) is 8.42 Å². The first-order valence-corrected chi connectivity index (χ1v) is 9.21. The number of hydrogen-bond acceptors (Lipinski definition) is 7. The summed E-state index contributed by atoms with van der Waals surface area (Å²) < 4.78 is 34.0. The van der Waals surface area contributed by atoms with Gasteiger partial charge >= 0.3 is 0 Å². The topological polar surface area (TPSA) is 97.4 Å². The maximum atomic E-state index is 11.5. The lowest BCUT2D eigenvalue weighted by Gasteiger charge is -2.25. The number of ether oxygens (including phenoxy) is 2. The minimum atomic E-state index is -2.92. The number of benzene rings is 1. The smallest absolute Gasteiger partial charge is 0.245 e. The normalized spacial score (nSPS) is 19.6. The lowest BCUT2D eigenvalue weighted by atomic mass is 10.2. The van der Waals surface area contributed by atoms with E-state index in [1.165, 1.54) is 0 Å². The first-order chi connectivity index (χ1) is 11.1. The molecule has 23 heavy (non-hydrogen) atoms. The number of rotatable bonds is 2. The summed E-state index contributed by atoms with van der Waals surface area (Å²) in [6.45, 7) is 1.92. The second-order valence-corrected chi connectivity index (χ2v) is 7.78. The molecule has 0 amide bonds. The number of anilines is 1. The van der Waals surface area contributed by atoms with Gasteiger partial charge in [0.1, 0.15) is 13.2 Å². The Hall–Kier alpha value is -2.29. The molecular weight excluding hydrogens is 320 g/mol. The molecule has 2 aromatic rings. The van der Waals surface area contributed by atoms with Gasteiger partial charge in [0.15, 0.2) is 27.2 Å². The first kappa shape index (κ1) is 14.3. The molecule has 1 aromatic carbocycles. The Bertz CT molecular complexity index is 819. The molecule has 1 saturated heterocycles. The molecule has 9 heteroatoms. The number of aromatic nitrogens is 3. The minimum absolute atomic E-state index is 0.140. The predicted octanol–water partition coefficient (Wildman–Crippen LogP) is 0.478. The molecule has 2 aliphatic heterocycles. The Balaban J connectivity index is 1.56. The molecule has 1 N–H and O–H groups in total. The zero-order valence-corrected chi connectivity index (χ0v) is 13.2. The molecule has 122 valence electrons. The van der Waals surface area contributed by atoms with Gasteiger partial charge in [-0.2, -0.15) is 4.98 Å². The van der Waals surface area contributed by atoms with Crippen molar-refractivity contribution in [2.24, 2.45) is 0 Å². The molecule has 1 fully saturated rings. The average Bonchev–Trinajstić information content (AvgIpc) is 3.04. The zero-order valence-electron chi connectivity index (χ0n) is 12.4. The molecule has 0 atom stereocenters. The van der Waals surface area contributed by atoms with Crippen molar-refractivity contribution in [1.82, 2.24) is 15.2 Å². The molecule has 0 bridgehead atoms. The summed E-state index contributed by atoms with van der Waals surface area (Å²) in [6.07, 6.45) is 0. The van der Waals surface area contributed by atoms with Crippen LogP contribution in [0.25, 0.3) is 11.4 Å². The Kier molecular flexibility index (Phi) is 3.37. The highest BCUT2D eigenvalue weighted by Gasteiger charge is 2.24. The average molecular weight is 336 g/mol. The van der Waals surface area contributed by atoms with Crippen LogP contribution in [0.2, 0.25) is 0 Å². The second kappa shape index (κ2) is 5.41. The van der Waals surface area contributed by atoms with Crippen LogP contribution >= 0.6 is 0 Å². The number of sulfone groups is 1. The third kappa shape index (κ3) is 2.83. The molecule has 0 saturated carbocycles. The van der Waals surface area contributed by atoms with E-state index in [2.05, 4.69) is 15.2 Å². The van der Waals surface area contributed by atoms with Gasteiger partial charge in [-0.15, -0.1) is 5.10 Å². The van der Waals surface area contributed by atoms with Crippen LogP contribution in [0.1, 0.15) is 0 Å². The quantitative estimate of drug-likeness (QED) is 0.851. The number of fused-ring (bicyclic) bond motifs is 1. The van der Waals surface area contributed by atoms with Gasteiger partial charge in [-0.25, -0.2) is 8.42 Å². The van der Waals surface area contributed by atoms with Crippen LogP contribution in [0.5, 0.6) is 11.5 Å². The zero-order chi connectivity index (χ0) is 15.9. The van der Waals surface area contributed by atoms with Gasteiger partial charge in [-0.1, -0.05) is 0 Å². The molecular formula is C14H16N4O4S. The summed E-state index contributed by atoms with van der Waals surface area (Å²) in [7, 11) is -2.92. The van der Waals surface area contributed by atoms with Crippen molar-refractivity contribution >= 4 is 15.8 Å². The van der Waals surface area contributed by atoms with Crippen molar-refractivity contribution in [3.8, 4) is 22.9 Å². The highest BCUT2D eigenvalue weighted by molar-refractivity contribution is 7.91. The minimum Gasteiger partial charge on any atom is -0.486 e. The molecule has 3 heterocycles. The van der Waals surface area contributed by atoms with E-state index >= 15 is 0 Å². The molecule has 0 aliphatic carbocycles. The Morgan fingerprint density at radius 2 is 1.83 bits per heavy atom. The van der Waals surface area contributed by atoms with Gasteiger partial charge in [0.05, 0.1) is 11.5 Å². The Morgan fingerprint density at radius 3 is 2.61 bits per heavy atom. The summed E-state index contributed by atoms with van der Waals surface area (Å²) in [5, 5.41) is 7.10. The van der Waals surface area contributed by atoms with Crippen LogP contribution in [-0.2, 0) is 9.84 Å². The highest BCUT2D eigenvalue weighted by Crippen LogP contribution is 2.33. The van der Waals surface area contributed by atoms with Gasteiger partial charge in [-0.3, -0.25) is 5.10 Å². The number of H-pyrrole nitrogens is 1. The van der Waals surface area contributed by atoms with Crippen molar-refractivity contribution in [2.45, 2.75) is 0 Å². The van der Waals surface area contributed by atoms with E-state index in [-0.39, 0.29) is 11.5 Å². The van der Waals surface area contributed by atoms with E-state index in [0.717, 1.165) is 11.3 Å². The SMILES string of the molecule is O=S1(=O)CCN(c2n[nH]c(-c3ccc4c(c3)OCCO4)n2)CC1. The summed E-state index contributed by atoms with van der Waals surface area (Å²) >= 11 is 0. The molecule has 0 unspecified atom stereocenters. The second-order valence-electron chi connectivity index (χ2n) is 5.48. The molecule has 0 radical (unpaired) electrons. The third-order valence-electron chi connectivity index (χ3n) is 3.92. The van der Waals surface area contributed by atoms with E-state index in [1.807, 2.05) is 23.1 Å². The largest absolute Gasteiger partial charge is 0.486 e. The van der Waals surface area contributed by atoms with Gasteiger partial charge in [0, 0.05) is 18.7 Å². The maximum absolute atomic E-state index is 11.5. The summed E-state index contributed by atoms with van der Waals surface area (Å²) in [4.78, 5) is 6.34. The standard InChI is InChI=1S/C14H16N4O4S/c19-23(20)7-3-18(4-8-23)14-15-13(16-17-14)10-1-2-11-12(9-10)22-6-5-21-11/h1-2,9H,3-8H2,(H,15,16,17). The molecule has 2 aliphatic rings. The van der Waals surface area contributed by atoms with Gasteiger partial charge in [0.25, 0.3) is 0 Å². The van der Waals surface area contributed by atoms with Crippen molar-refractivity contribution < 1.29 is 17.9 Å². The monoisotopic (exact) mass is 336 g/mol. The number of nitrogens with one attached hydrogen (secondary N) is 1. The number of hydrogen-bond donors (Lipinski definition) is 1. The van der Waals surface area contributed by atoms with Gasteiger partial charge < -0.3 is 14.4 Å². The van der Waals surface area contributed by atoms with Crippen molar-refractivity contribution in [3.63, 3.8) is 0 Å². The summed E-state index contributed by atoms with van der Waals surface area (Å²) in [6, 6.07) is 5.59. The fraction of sp³-hybridized carbons (Fsp3) is 0.429. The lowest BCUT2D eigenvalue weighted by molar-refractivity contribution is 0.171. The van der Waals surface area contributed by atoms with Crippen LogP contribution in [0, 0.1) is 0 Å². The molecule has 1 aromatic heterocycles. The third-order valence-corrected chi connectivity index (χ3v) is 5.53. The van der Waals surface area contributed by atoms with Gasteiger partial charge in [-0.05, 0) is 18.2 Å². The van der Waals surface area contributed by atoms with Crippen LogP contribution < -0.4 is 14.4 Å². The molecule has 4 rings (SSSR count). The van der Waals surface area contributed by atoms with Crippen LogP contribution in [0.15, 0.2) is 18.2 Å². The van der Waals surface area contributed by atoms with E-state index in [0.29, 0.717) is 43.8 Å². The van der Waals surface area contributed by atoms with Crippen molar-refractivity contribution in [3.05, 3.63) is 18.2 Å². The first-order valence-electron chi connectivity index (χ1n) is 7.38. The fourth-order valence-electron chi connectivity index (χ4n) is 2.63. The van der Waals surface area contributed by atoms with E-state index < -0.39 is 9.84 Å². The van der Waals surface area contributed by atoms with Crippen molar-refractivity contribution in [2.75, 3.05) is 42.7 Å². The Morgan fingerprint density at radius 1 is 1.09 bits per heavy atom. The van der Waals surface area contributed by atoms with Gasteiger partial charge in [0.2, 0.25) is 5.95 Å². The number of aromatic amines is 1. The summed E-state index contributed by atoms with van der Waals surface area (Å²) in [5.74, 6) is 2.83. The molecule has 8 nitrogen and oxygen atoms in total. The summed E-state index contributed by atoms with van der Waals surface area (Å²) in [5.41, 5.74) is 0.845. The van der Waals surface area contributed by atoms with E-state index in [4.69, 9.17) is 9.47 Å².